The number of benzene rings is 3. The lowest BCUT2D eigenvalue weighted by atomic mass is 10.1. The van der Waals surface area contributed by atoms with E-state index in [1.54, 1.807) is 0 Å². The van der Waals surface area contributed by atoms with Gasteiger partial charge in [-0.05, 0) is 61.4 Å². The Morgan fingerprint density at radius 3 is 2.08 bits per heavy atom. The molecule has 2 aliphatic rings. The zero-order chi connectivity index (χ0) is 18.3. The average Bonchev–Trinajstić information content (AvgIpc) is 3.18. The van der Waals surface area contributed by atoms with Gasteiger partial charge < -0.3 is 10.2 Å². The number of nitrogens with one attached hydrogen (secondary N) is 1. The molecule has 0 amide bonds. The van der Waals surface area contributed by atoms with E-state index >= 15 is 0 Å². The van der Waals surface area contributed by atoms with Crippen LogP contribution in [0.4, 0.5) is 28.4 Å². The molecule has 5 rings (SSSR count). The third-order valence-electron chi connectivity index (χ3n) is 4.87. The van der Waals surface area contributed by atoms with Gasteiger partial charge in [-0.3, -0.25) is 4.90 Å². The number of anilines is 5. The predicted octanol–water partition coefficient (Wildman–Crippen LogP) is 6.33. The fourth-order valence-electron chi connectivity index (χ4n) is 3.77. The van der Waals surface area contributed by atoms with E-state index in [4.69, 9.17) is 0 Å². The van der Waals surface area contributed by atoms with Gasteiger partial charge in [-0.1, -0.05) is 44.2 Å². The zero-order valence-electron chi connectivity index (χ0n) is 15.8. The number of rotatable bonds is 1. The van der Waals surface area contributed by atoms with Gasteiger partial charge in [0.25, 0.3) is 0 Å². The summed E-state index contributed by atoms with van der Waals surface area (Å²) < 4.78 is 0. The molecule has 3 aromatic rings. The molecular formula is C23H25N3. The first-order valence-corrected chi connectivity index (χ1v) is 9.34. The van der Waals surface area contributed by atoms with E-state index in [9.17, 15) is 0 Å². The quantitative estimate of drug-likeness (QED) is 0.557. The standard InChI is InChI=1S/C21H19N3.C2H6/c1-14-8-10-17-19(12-14)24-20-13-15(2)9-11-18(20)23(21(24)22-17)16-6-4-3-5-7-16;1-2/h3-13,21-22H,1-2H3;1-2H3. The minimum Gasteiger partial charge on any atom is -0.346 e. The van der Waals surface area contributed by atoms with Crippen LogP contribution in [0.15, 0.2) is 66.7 Å². The summed E-state index contributed by atoms with van der Waals surface area (Å²) in [4.78, 5) is 4.79. The third kappa shape index (κ3) is 2.43. The summed E-state index contributed by atoms with van der Waals surface area (Å²) in [5, 5.41) is 3.69. The highest BCUT2D eigenvalue weighted by Gasteiger charge is 2.42. The largest absolute Gasteiger partial charge is 0.346 e. The van der Waals surface area contributed by atoms with Gasteiger partial charge in [-0.2, -0.15) is 0 Å². The van der Waals surface area contributed by atoms with Gasteiger partial charge in [-0.25, -0.2) is 0 Å². The van der Waals surface area contributed by atoms with Crippen molar-refractivity contribution in [2.45, 2.75) is 34.0 Å². The summed E-state index contributed by atoms with van der Waals surface area (Å²) in [6.45, 7) is 8.30. The first kappa shape index (κ1) is 16.5. The number of aryl methyl sites for hydroxylation is 2. The first-order valence-electron chi connectivity index (χ1n) is 9.34. The van der Waals surface area contributed by atoms with Crippen molar-refractivity contribution >= 4 is 28.4 Å². The fraction of sp³-hybridized carbons (Fsp3) is 0.217. The predicted molar refractivity (Wildman–Crippen MR) is 112 cm³/mol. The Balaban J connectivity index is 0.000000814. The van der Waals surface area contributed by atoms with Crippen LogP contribution in [-0.4, -0.2) is 6.29 Å². The van der Waals surface area contributed by atoms with Crippen molar-refractivity contribution in [2.75, 3.05) is 15.1 Å². The van der Waals surface area contributed by atoms with Crippen LogP contribution < -0.4 is 15.1 Å². The van der Waals surface area contributed by atoms with Gasteiger partial charge in [0.05, 0.1) is 22.7 Å². The highest BCUT2D eigenvalue weighted by Crippen LogP contribution is 2.53. The third-order valence-corrected chi connectivity index (χ3v) is 4.87. The van der Waals surface area contributed by atoms with Crippen LogP contribution in [0.2, 0.25) is 0 Å². The molecule has 26 heavy (non-hydrogen) atoms. The monoisotopic (exact) mass is 343 g/mol. The van der Waals surface area contributed by atoms with E-state index in [1.807, 2.05) is 13.8 Å². The van der Waals surface area contributed by atoms with Crippen LogP contribution in [0.5, 0.6) is 0 Å². The molecule has 1 unspecified atom stereocenters. The minimum absolute atomic E-state index is 0.0843. The van der Waals surface area contributed by atoms with Crippen molar-refractivity contribution in [3.05, 3.63) is 77.9 Å². The fourth-order valence-corrected chi connectivity index (χ4v) is 3.77. The van der Waals surface area contributed by atoms with Gasteiger partial charge in [0.1, 0.15) is 0 Å². The van der Waals surface area contributed by atoms with E-state index in [1.165, 1.54) is 39.6 Å². The molecule has 0 aliphatic carbocycles. The molecule has 0 bridgehead atoms. The van der Waals surface area contributed by atoms with Crippen molar-refractivity contribution in [3.8, 4) is 0 Å². The normalized spacial score (nSPS) is 16.2. The molecule has 3 nitrogen and oxygen atoms in total. The molecule has 1 N–H and O–H groups in total. The van der Waals surface area contributed by atoms with Crippen LogP contribution in [0.1, 0.15) is 25.0 Å². The number of nitrogens with zero attached hydrogens (tertiary/aromatic N) is 2. The van der Waals surface area contributed by atoms with E-state index in [2.05, 4.69) is 95.7 Å². The van der Waals surface area contributed by atoms with Crippen LogP contribution in [0.3, 0.4) is 0 Å². The second kappa shape index (κ2) is 6.41. The number of hydrogen-bond acceptors (Lipinski definition) is 3. The molecule has 132 valence electrons. The maximum absolute atomic E-state index is 3.69. The van der Waals surface area contributed by atoms with Crippen molar-refractivity contribution in [2.24, 2.45) is 0 Å². The maximum Gasteiger partial charge on any atom is 0.187 e. The number of fused-ring (bicyclic) bond motifs is 5. The second-order valence-electron chi connectivity index (χ2n) is 6.61. The van der Waals surface area contributed by atoms with Crippen molar-refractivity contribution < 1.29 is 0 Å². The minimum atomic E-state index is 0.0843. The summed E-state index contributed by atoms with van der Waals surface area (Å²) in [5.74, 6) is 0. The molecule has 0 fully saturated rings. The smallest absolute Gasteiger partial charge is 0.187 e. The Bertz CT molecular complexity index is 933. The highest BCUT2D eigenvalue weighted by molar-refractivity contribution is 5.96. The zero-order valence-corrected chi connectivity index (χ0v) is 15.8. The lowest BCUT2D eigenvalue weighted by Crippen LogP contribution is -2.40. The summed E-state index contributed by atoms with van der Waals surface area (Å²) >= 11 is 0. The van der Waals surface area contributed by atoms with Gasteiger partial charge in [-0.15, -0.1) is 0 Å². The highest BCUT2D eigenvalue weighted by atomic mass is 15.5. The summed E-state index contributed by atoms with van der Waals surface area (Å²) in [6, 6.07) is 23.9. The molecule has 1 atom stereocenters. The summed E-state index contributed by atoms with van der Waals surface area (Å²) in [6.07, 6.45) is 0.0843. The Morgan fingerprint density at radius 1 is 0.692 bits per heavy atom. The van der Waals surface area contributed by atoms with Gasteiger partial charge >= 0.3 is 0 Å². The van der Waals surface area contributed by atoms with Gasteiger partial charge in [0.2, 0.25) is 0 Å². The van der Waals surface area contributed by atoms with Crippen molar-refractivity contribution in [1.82, 2.24) is 0 Å². The van der Waals surface area contributed by atoms with E-state index in [-0.39, 0.29) is 6.29 Å². The van der Waals surface area contributed by atoms with E-state index in [0.29, 0.717) is 0 Å². The number of para-hydroxylation sites is 1. The SMILES string of the molecule is CC.Cc1ccc2c(c1)N1c3cc(C)ccc3N(c3ccccc3)C1N2. The molecular weight excluding hydrogens is 318 g/mol. The molecule has 2 aliphatic heterocycles. The Morgan fingerprint density at radius 2 is 1.35 bits per heavy atom. The van der Waals surface area contributed by atoms with Crippen LogP contribution in [0, 0.1) is 13.8 Å². The molecule has 3 aromatic carbocycles. The molecule has 2 heterocycles. The first-order chi connectivity index (χ1) is 12.7. The van der Waals surface area contributed by atoms with Crippen molar-refractivity contribution in [3.63, 3.8) is 0 Å². The molecule has 0 saturated carbocycles. The topological polar surface area (TPSA) is 18.5 Å². The van der Waals surface area contributed by atoms with Crippen molar-refractivity contribution in [1.29, 1.82) is 0 Å². The Labute approximate surface area is 155 Å². The van der Waals surface area contributed by atoms with Crippen LogP contribution in [0.25, 0.3) is 0 Å². The lowest BCUT2D eigenvalue weighted by Gasteiger charge is -2.27. The molecule has 0 radical (unpaired) electrons. The van der Waals surface area contributed by atoms with E-state index < -0.39 is 0 Å². The van der Waals surface area contributed by atoms with Crippen LogP contribution >= 0.6 is 0 Å². The molecule has 0 saturated heterocycles. The van der Waals surface area contributed by atoms with Crippen LogP contribution in [-0.2, 0) is 0 Å². The average molecular weight is 343 g/mol. The van der Waals surface area contributed by atoms with Gasteiger partial charge in [0.15, 0.2) is 6.29 Å². The molecule has 0 aromatic heterocycles. The molecule has 3 heteroatoms. The maximum atomic E-state index is 3.69. The second-order valence-corrected chi connectivity index (χ2v) is 6.61. The molecule has 0 spiro atoms. The van der Waals surface area contributed by atoms with Gasteiger partial charge in [0, 0.05) is 5.69 Å². The Kier molecular flexibility index (Phi) is 4.08. The summed E-state index contributed by atoms with van der Waals surface area (Å²) in [5.41, 5.74) is 8.72. The summed E-state index contributed by atoms with van der Waals surface area (Å²) in [7, 11) is 0. The van der Waals surface area contributed by atoms with E-state index in [0.717, 1.165) is 0 Å². The lowest BCUT2D eigenvalue weighted by molar-refractivity contribution is 0.808. The number of hydrogen-bond donors (Lipinski definition) is 1. The Hall–Kier alpha value is -2.94.